The molecule has 2 amide bonds. The van der Waals surface area contributed by atoms with E-state index in [1.54, 1.807) is 0 Å². The van der Waals surface area contributed by atoms with Crippen LogP contribution in [-0.2, 0) is 9.59 Å². The van der Waals surface area contributed by atoms with Gasteiger partial charge in [0, 0.05) is 4.32 Å². The van der Waals surface area contributed by atoms with Gasteiger partial charge in [0.25, 0.3) is 5.91 Å². The van der Waals surface area contributed by atoms with E-state index in [0.717, 1.165) is 30.4 Å². The molecule has 5 rings (SSSR count). The Bertz CT molecular complexity index is 744. The smallest absolute Gasteiger partial charge is 0.276 e. The monoisotopic (exact) mass is 434 g/mol. The highest BCUT2D eigenvalue weighted by Crippen LogP contribution is 2.64. The number of alkyl halides is 1. The van der Waals surface area contributed by atoms with E-state index in [9.17, 15) is 9.59 Å². The van der Waals surface area contributed by atoms with Crippen LogP contribution in [0.5, 0.6) is 5.75 Å². The Kier molecular flexibility index (Phi) is 4.73. The van der Waals surface area contributed by atoms with Crippen molar-refractivity contribution in [3.05, 3.63) is 29.3 Å². The van der Waals surface area contributed by atoms with E-state index in [1.165, 1.54) is 19.3 Å². The number of carbonyl (C=O) groups is 2. The highest BCUT2D eigenvalue weighted by molar-refractivity contribution is 9.10. The van der Waals surface area contributed by atoms with E-state index in [2.05, 4.69) is 32.8 Å². The number of carbonyl (C=O) groups excluding carboxylic acids is 2. The number of amides is 2. The van der Waals surface area contributed by atoms with Crippen molar-refractivity contribution in [1.82, 2.24) is 10.9 Å². The van der Waals surface area contributed by atoms with Crippen LogP contribution in [0.15, 0.2) is 18.2 Å². The van der Waals surface area contributed by atoms with Crippen LogP contribution in [-0.4, -0.2) is 22.7 Å². The maximum absolute atomic E-state index is 12.9. The Balaban J connectivity index is 1.31. The number of hydrazine groups is 1. The summed E-state index contributed by atoms with van der Waals surface area (Å²) in [5.41, 5.74) is 7.05. The molecule has 0 aliphatic heterocycles. The zero-order chi connectivity index (χ0) is 19.2. The van der Waals surface area contributed by atoms with Gasteiger partial charge in [0.05, 0.1) is 5.41 Å². The van der Waals surface area contributed by atoms with Crippen molar-refractivity contribution in [2.24, 2.45) is 17.3 Å². The number of aryl methyl sites for hydroxylation is 2. The molecule has 6 heteroatoms. The van der Waals surface area contributed by atoms with Crippen LogP contribution in [0.25, 0.3) is 0 Å². The molecular formula is C21H27BrN2O3. The Morgan fingerprint density at radius 1 is 1.07 bits per heavy atom. The summed E-state index contributed by atoms with van der Waals surface area (Å²) < 4.78 is 5.67. The number of ether oxygens (including phenoxy) is 1. The Labute approximate surface area is 168 Å². The predicted octanol–water partition coefficient (Wildman–Crippen LogP) is 3.56. The number of halogens is 1. The topological polar surface area (TPSA) is 67.4 Å². The maximum Gasteiger partial charge on any atom is 0.276 e. The van der Waals surface area contributed by atoms with Gasteiger partial charge in [0.1, 0.15) is 5.75 Å². The van der Waals surface area contributed by atoms with Crippen LogP contribution in [0, 0.1) is 31.1 Å². The Morgan fingerprint density at radius 2 is 1.70 bits per heavy atom. The first kappa shape index (κ1) is 18.8. The lowest BCUT2D eigenvalue weighted by atomic mass is 9.49. The fraction of sp³-hybridized carbons (Fsp3) is 0.619. The molecule has 0 spiro atoms. The van der Waals surface area contributed by atoms with Gasteiger partial charge >= 0.3 is 0 Å². The van der Waals surface area contributed by atoms with Crippen molar-refractivity contribution >= 4 is 27.7 Å². The largest absolute Gasteiger partial charge is 0.484 e. The molecule has 4 aliphatic carbocycles. The molecule has 4 aliphatic rings. The summed E-state index contributed by atoms with van der Waals surface area (Å²) >= 11 is 3.92. The molecule has 4 bridgehead atoms. The first-order valence-electron chi connectivity index (χ1n) is 9.75. The van der Waals surface area contributed by atoms with Gasteiger partial charge in [-0.05, 0) is 87.5 Å². The van der Waals surface area contributed by atoms with Crippen LogP contribution >= 0.6 is 15.9 Å². The third kappa shape index (κ3) is 3.86. The van der Waals surface area contributed by atoms with E-state index in [1.807, 2.05) is 26.0 Å². The van der Waals surface area contributed by atoms with Gasteiger partial charge in [-0.3, -0.25) is 20.4 Å². The summed E-state index contributed by atoms with van der Waals surface area (Å²) in [5.74, 6) is 1.53. The van der Waals surface area contributed by atoms with E-state index in [4.69, 9.17) is 4.74 Å². The maximum atomic E-state index is 12.9. The summed E-state index contributed by atoms with van der Waals surface area (Å²) in [4.78, 5) is 25.0. The summed E-state index contributed by atoms with van der Waals surface area (Å²) in [6.45, 7) is 3.86. The van der Waals surface area contributed by atoms with E-state index in [-0.39, 0.29) is 28.2 Å². The quantitative estimate of drug-likeness (QED) is 0.562. The van der Waals surface area contributed by atoms with Crippen molar-refractivity contribution in [2.45, 2.75) is 56.7 Å². The van der Waals surface area contributed by atoms with Crippen LogP contribution in [0.2, 0.25) is 0 Å². The molecule has 4 fully saturated rings. The third-order valence-electron chi connectivity index (χ3n) is 6.35. The number of hydrogen-bond acceptors (Lipinski definition) is 3. The molecule has 2 N–H and O–H groups in total. The fourth-order valence-electron chi connectivity index (χ4n) is 5.88. The number of nitrogens with one attached hydrogen (secondary N) is 2. The van der Waals surface area contributed by atoms with Gasteiger partial charge in [-0.1, -0.05) is 22.0 Å². The minimum Gasteiger partial charge on any atom is -0.484 e. The van der Waals surface area contributed by atoms with Crippen molar-refractivity contribution in [1.29, 1.82) is 0 Å². The minimum atomic E-state index is -0.346. The lowest BCUT2D eigenvalue weighted by molar-refractivity contribution is -0.147. The van der Waals surface area contributed by atoms with Crippen LogP contribution in [0.4, 0.5) is 0 Å². The standard InChI is InChI=1S/C21H27BrN2O3/c1-13-3-14(2)5-17(4-13)27-11-18(25)23-24-19(26)20-7-15-6-16(8-20)10-21(22,9-15)12-20/h3-5,15-16H,6-12H2,1-2H3,(H,23,25)(H,24,26). The molecule has 0 saturated heterocycles. The first-order chi connectivity index (χ1) is 12.8. The summed E-state index contributed by atoms with van der Waals surface area (Å²) in [5, 5.41) is 0. The van der Waals surface area contributed by atoms with Gasteiger partial charge in [-0.15, -0.1) is 0 Å². The molecule has 1 aromatic carbocycles. The molecule has 5 nitrogen and oxygen atoms in total. The highest BCUT2D eigenvalue weighted by atomic mass is 79.9. The average Bonchev–Trinajstić information content (AvgIpc) is 2.54. The van der Waals surface area contributed by atoms with Crippen LogP contribution < -0.4 is 15.6 Å². The lowest BCUT2D eigenvalue weighted by Crippen LogP contribution is -2.60. The highest BCUT2D eigenvalue weighted by Gasteiger charge is 2.59. The van der Waals surface area contributed by atoms with Gasteiger partial charge in [-0.2, -0.15) is 0 Å². The lowest BCUT2D eigenvalue weighted by Gasteiger charge is -2.59. The van der Waals surface area contributed by atoms with Crippen LogP contribution in [0.3, 0.4) is 0 Å². The summed E-state index contributed by atoms with van der Waals surface area (Å²) in [6, 6.07) is 5.84. The fourth-order valence-corrected chi connectivity index (χ4v) is 7.33. The molecule has 146 valence electrons. The van der Waals surface area contributed by atoms with E-state index >= 15 is 0 Å². The van der Waals surface area contributed by atoms with Crippen molar-refractivity contribution in [2.75, 3.05) is 6.61 Å². The van der Waals surface area contributed by atoms with Gasteiger partial charge in [0.15, 0.2) is 6.61 Å². The van der Waals surface area contributed by atoms with Crippen molar-refractivity contribution < 1.29 is 14.3 Å². The summed E-state index contributed by atoms with van der Waals surface area (Å²) in [6.07, 6.45) is 6.35. The molecule has 2 unspecified atom stereocenters. The molecule has 0 aromatic heterocycles. The first-order valence-corrected chi connectivity index (χ1v) is 10.5. The van der Waals surface area contributed by atoms with Gasteiger partial charge in [0.2, 0.25) is 5.91 Å². The van der Waals surface area contributed by atoms with E-state index in [0.29, 0.717) is 17.6 Å². The Morgan fingerprint density at radius 3 is 2.30 bits per heavy atom. The third-order valence-corrected chi connectivity index (χ3v) is 7.28. The number of benzene rings is 1. The minimum absolute atomic E-state index is 0.0415. The molecule has 0 heterocycles. The second-order valence-corrected chi connectivity index (χ2v) is 10.7. The molecule has 27 heavy (non-hydrogen) atoms. The normalized spacial score (nSPS) is 33.6. The molecule has 2 atom stereocenters. The zero-order valence-corrected chi connectivity index (χ0v) is 17.5. The Hall–Kier alpha value is -1.56. The molecular weight excluding hydrogens is 408 g/mol. The van der Waals surface area contributed by atoms with Crippen molar-refractivity contribution in [3.8, 4) is 5.75 Å². The summed E-state index contributed by atoms with van der Waals surface area (Å²) in [7, 11) is 0. The zero-order valence-electron chi connectivity index (χ0n) is 15.9. The van der Waals surface area contributed by atoms with Crippen LogP contribution in [0.1, 0.15) is 49.7 Å². The van der Waals surface area contributed by atoms with E-state index < -0.39 is 0 Å². The van der Waals surface area contributed by atoms with Crippen molar-refractivity contribution in [3.63, 3.8) is 0 Å². The van der Waals surface area contributed by atoms with Gasteiger partial charge in [-0.25, -0.2) is 0 Å². The SMILES string of the molecule is Cc1cc(C)cc(OCC(=O)NNC(=O)C23CC4CC(CC(Br)(C4)C2)C3)c1. The molecule has 0 radical (unpaired) electrons. The number of rotatable bonds is 4. The second-order valence-electron chi connectivity index (χ2n) is 9.01. The molecule has 1 aromatic rings. The molecule has 4 saturated carbocycles. The van der Waals surface area contributed by atoms with Gasteiger partial charge < -0.3 is 4.74 Å². The second kappa shape index (κ2) is 6.80. The predicted molar refractivity (Wildman–Crippen MR) is 106 cm³/mol. The number of hydrogen-bond donors (Lipinski definition) is 2. The average molecular weight is 435 g/mol.